The van der Waals surface area contributed by atoms with Gasteiger partial charge in [-0.05, 0) is 65.5 Å². The van der Waals surface area contributed by atoms with E-state index in [0.717, 1.165) is 17.4 Å². The number of nitrogens with one attached hydrogen (secondary N) is 1. The van der Waals surface area contributed by atoms with Crippen LogP contribution in [0.5, 0.6) is 0 Å². The second-order valence-electron chi connectivity index (χ2n) is 5.07. The molecule has 3 rings (SSSR count). The highest BCUT2D eigenvalue weighted by atomic mass is 35.5. The van der Waals surface area contributed by atoms with Gasteiger partial charge in [-0.3, -0.25) is 5.43 Å². The van der Waals surface area contributed by atoms with E-state index in [1.54, 1.807) is 31.2 Å². The molecule has 8 nitrogen and oxygen atoms in total. The van der Waals surface area contributed by atoms with E-state index in [0.29, 0.717) is 15.9 Å². The summed E-state index contributed by atoms with van der Waals surface area (Å²) in [5.74, 6) is -0.577. The maximum Gasteiger partial charge on any atom is 0.365 e. The second-order valence-corrected chi connectivity index (χ2v) is 6.46. The Morgan fingerprint density at radius 1 is 1.22 bits per heavy atom. The lowest BCUT2D eigenvalue weighted by molar-refractivity contribution is -0.134. The highest BCUT2D eigenvalue weighted by Gasteiger charge is 2.20. The van der Waals surface area contributed by atoms with Crippen LogP contribution in [0.15, 0.2) is 64.9 Å². The van der Waals surface area contributed by atoms with Crippen molar-refractivity contribution in [2.75, 3.05) is 12.0 Å². The number of hydrogen-bond acceptors (Lipinski definition) is 8. The van der Waals surface area contributed by atoms with Crippen molar-refractivity contribution in [1.29, 1.82) is 0 Å². The van der Waals surface area contributed by atoms with E-state index in [9.17, 15) is 4.79 Å². The number of halogens is 1. The maximum absolute atomic E-state index is 12.3. The van der Waals surface area contributed by atoms with Gasteiger partial charge in [0.15, 0.2) is 0 Å². The van der Waals surface area contributed by atoms with Crippen LogP contribution >= 0.6 is 23.4 Å². The predicted molar refractivity (Wildman–Crippen MR) is 104 cm³/mol. The number of benzene rings is 2. The van der Waals surface area contributed by atoms with Crippen LogP contribution in [-0.2, 0) is 9.53 Å². The topological polar surface area (TPSA) is 94.3 Å². The first-order chi connectivity index (χ1) is 13.2. The Morgan fingerprint density at radius 2 is 1.96 bits per heavy atom. The number of thioether (sulfide) groups is 1. The summed E-state index contributed by atoms with van der Waals surface area (Å²) < 4.78 is 6.59. The first-order valence-corrected chi connectivity index (χ1v) is 9.15. The number of hydrazone groups is 1. The number of esters is 1. The molecule has 0 saturated heterocycles. The van der Waals surface area contributed by atoms with Gasteiger partial charge in [0.05, 0.1) is 18.0 Å². The third kappa shape index (κ3) is 5.05. The average molecular weight is 403 g/mol. The molecule has 0 unspecified atom stereocenters. The lowest BCUT2D eigenvalue weighted by atomic mass is 10.3. The van der Waals surface area contributed by atoms with Crippen molar-refractivity contribution in [2.24, 2.45) is 5.10 Å². The molecular formula is C17H15ClN6O2S. The molecule has 0 spiro atoms. The number of tetrazole rings is 1. The van der Waals surface area contributed by atoms with Crippen LogP contribution in [0.25, 0.3) is 5.69 Å². The fourth-order valence-electron chi connectivity index (χ4n) is 2.00. The van der Waals surface area contributed by atoms with E-state index in [-0.39, 0.29) is 11.7 Å². The summed E-state index contributed by atoms with van der Waals surface area (Å²) in [5, 5.41) is 16.8. The third-order valence-electron chi connectivity index (χ3n) is 3.21. The molecule has 0 bridgehead atoms. The van der Waals surface area contributed by atoms with E-state index >= 15 is 0 Å². The molecule has 0 saturated carbocycles. The number of anilines is 1. The van der Waals surface area contributed by atoms with Crippen molar-refractivity contribution >= 4 is 40.1 Å². The zero-order chi connectivity index (χ0) is 19.1. The van der Waals surface area contributed by atoms with E-state index in [4.69, 9.17) is 16.3 Å². The molecule has 0 radical (unpaired) electrons. The van der Waals surface area contributed by atoms with Gasteiger partial charge in [0, 0.05) is 5.02 Å². The fraction of sp³-hybridized carbons (Fsp3) is 0.118. The Labute approximate surface area is 164 Å². The number of nitrogens with zero attached hydrogens (tertiary/aromatic N) is 5. The summed E-state index contributed by atoms with van der Waals surface area (Å²) in [6.07, 6.45) is 0. The van der Waals surface area contributed by atoms with Crippen molar-refractivity contribution < 1.29 is 9.53 Å². The van der Waals surface area contributed by atoms with Crippen LogP contribution in [0.3, 0.4) is 0 Å². The Balaban J connectivity index is 1.84. The number of carbonyl (C=O) groups is 1. The number of hydrogen-bond donors (Lipinski definition) is 1. The number of rotatable bonds is 5. The van der Waals surface area contributed by atoms with Gasteiger partial charge >= 0.3 is 5.97 Å². The Bertz CT molecular complexity index is 930. The molecule has 0 amide bonds. The monoisotopic (exact) mass is 402 g/mol. The van der Waals surface area contributed by atoms with Crippen molar-refractivity contribution in [3.8, 4) is 5.69 Å². The minimum absolute atomic E-state index is 0.0683. The van der Waals surface area contributed by atoms with E-state index in [2.05, 4.69) is 26.1 Å². The molecule has 138 valence electrons. The van der Waals surface area contributed by atoms with Crippen LogP contribution in [0.1, 0.15) is 6.92 Å². The van der Waals surface area contributed by atoms with Gasteiger partial charge in [-0.2, -0.15) is 9.78 Å². The minimum atomic E-state index is -0.577. The van der Waals surface area contributed by atoms with E-state index < -0.39 is 5.97 Å². The summed E-state index contributed by atoms with van der Waals surface area (Å²) in [4.78, 5) is 12.3. The molecule has 0 atom stereocenters. The lowest BCUT2D eigenvalue weighted by Gasteiger charge is -2.07. The highest BCUT2D eigenvalue weighted by molar-refractivity contribution is 8.15. The summed E-state index contributed by atoms with van der Waals surface area (Å²) >= 11 is 6.87. The summed E-state index contributed by atoms with van der Waals surface area (Å²) in [7, 11) is 0. The predicted octanol–water partition coefficient (Wildman–Crippen LogP) is 3.40. The smallest absolute Gasteiger partial charge is 0.365 e. The van der Waals surface area contributed by atoms with Crippen LogP contribution < -0.4 is 5.43 Å². The fourth-order valence-corrected chi connectivity index (χ4v) is 2.84. The van der Waals surface area contributed by atoms with E-state index in [1.807, 2.05) is 30.3 Å². The quantitative estimate of drug-likeness (QED) is 0.230. The van der Waals surface area contributed by atoms with Gasteiger partial charge < -0.3 is 4.74 Å². The van der Waals surface area contributed by atoms with Gasteiger partial charge in [-0.1, -0.05) is 29.8 Å². The SMILES string of the molecule is CCOC(=O)/C(=N\Nc1ccc(Cl)cc1)Sc1nnnn1-c1ccccc1. The van der Waals surface area contributed by atoms with Gasteiger partial charge in [-0.15, -0.1) is 5.10 Å². The third-order valence-corrected chi connectivity index (χ3v) is 4.35. The van der Waals surface area contributed by atoms with Crippen LogP contribution in [-0.4, -0.2) is 37.8 Å². The normalized spacial score (nSPS) is 11.3. The van der Waals surface area contributed by atoms with Crippen molar-refractivity contribution in [3.63, 3.8) is 0 Å². The van der Waals surface area contributed by atoms with Crippen molar-refractivity contribution in [3.05, 3.63) is 59.6 Å². The molecule has 0 fully saturated rings. The first kappa shape index (κ1) is 18.9. The zero-order valence-corrected chi connectivity index (χ0v) is 15.8. The molecule has 0 aliphatic rings. The van der Waals surface area contributed by atoms with Crippen molar-refractivity contribution in [2.45, 2.75) is 12.1 Å². The van der Waals surface area contributed by atoms with E-state index in [1.165, 1.54) is 4.68 Å². The van der Waals surface area contributed by atoms with Crippen molar-refractivity contribution in [1.82, 2.24) is 20.2 Å². The molecule has 1 aromatic heterocycles. The van der Waals surface area contributed by atoms with Gasteiger partial charge in [0.25, 0.3) is 0 Å². The average Bonchev–Trinajstić information content (AvgIpc) is 3.15. The first-order valence-electron chi connectivity index (χ1n) is 7.95. The van der Waals surface area contributed by atoms with Gasteiger partial charge in [0.1, 0.15) is 0 Å². The molecule has 0 aliphatic heterocycles. The Kier molecular flexibility index (Phi) is 6.39. The summed E-state index contributed by atoms with van der Waals surface area (Å²) in [5.41, 5.74) is 4.25. The van der Waals surface area contributed by atoms with Crippen LogP contribution in [0.4, 0.5) is 5.69 Å². The number of para-hydroxylation sites is 1. The summed E-state index contributed by atoms with van der Waals surface area (Å²) in [6, 6.07) is 16.3. The molecule has 27 heavy (non-hydrogen) atoms. The molecule has 0 aliphatic carbocycles. The lowest BCUT2D eigenvalue weighted by Crippen LogP contribution is -2.17. The molecule has 2 aromatic carbocycles. The number of aromatic nitrogens is 4. The molecule has 10 heteroatoms. The number of carbonyl (C=O) groups excluding carboxylic acids is 1. The van der Waals surface area contributed by atoms with Crippen LogP contribution in [0, 0.1) is 0 Å². The summed E-state index contributed by atoms with van der Waals surface area (Å²) in [6.45, 7) is 1.95. The second kappa shape index (κ2) is 9.15. The zero-order valence-electron chi connectivity index (χ0n) is 14.2. The molecule has 3 aromatic rings. The van der Waals surface area contributed by atoms with Crippen LogP contribution in [0.2, 0.25) is 5.02 Å². The Hall–Kier alpha value is -2.91. The number of ether oxygens (including phenoxy) is 1. The maximum atomic E-state index is 12.3. The highest BCUT2D eigenvalue weighted by Crippen LogP contribution is 2.21. The minimum Gasteiger partial charge on any atom is -0.461 e. The molecule has 1 N–H and O–H groups in total. The standard InChI is InChI=1S/C17H15ClN6O2S/c1-2-26-16(25)15(20-19-13-10-8-12(18)9-11-13)27-17-21-22-23-24(17)14-6-4-3-5-7-14/h3-11,19H,2H2,1H3/b20-15+. The van der Waals surface area contributed by atoms with Gasteiger partial charge in [-0.25, -0.2) is 4.79 Å². The Morgan fingerprint density at radius 3 is 2.67 bits per heavy atom. The molecule has 1 heterocycles. The molecular weight excluding hydrogens is 388 g/mol. The van der Waals surface area contributed by atoms with Gasteiger partial charge in [0.2, 0.25) is 10.2 Å². The largest absolute Gasteiger partial charge is 0.461 e.